The second kappa shape index (κ2) is 5.49. The van der Waals surface area contributed by atoms with Gasteiger partial charge in [0.25, 0.3) is 0 Å². The zero-order chi connectivity index (χ0) is 13.2. The van der Waals surface area contributed by atoms with Crippen LogP contribution in [0.1, 0.15) is 37.7 Å². The van der Waals surface area contributed by atoms with Crippen LogP contribution in [0.15, 0.2) is 18.2 Å². The maximum atomic E-state index is 13.4. The topological polar surface area (TPSA) is 29.3 Å². The maximum Gasteiger partial charge on any atom is 0.125 e. The van der Waals surface area contributed by atoms with Gasteiger partial charge in [-0.2, -0.15) is 0 Å². The molecule has 1 heterocycles. The zero-order valence-corrected chi connectivity index (χ0v) is 11.4. The van der Waals surface area contributed by atoms with Gasteiger partial charge in [0.1, 0.15) is 5.82 Å². The predicted octanol–water partition coefficient (Wildman–Crippen LogP) is 3.42. The van der Waals surface area contributed by atoms with Crippen molar-refractivity contribution in [1.82, 2.24) is 4.90 Å². The number of nitrogen functional groups attached to an aromatic ring is 1. The first-order chi connectivity index (χ1) is 9.20. The third-order valence-electron chi connectivity index (χ3n) is 4.76. The zero-order valence-electron chi connectivity index (χ0n) is 11.4. The Bertz CT molecular complexity index is 426. The van der Waals surface area contributed by atoms with E-state index in [9.17, 15) is 4.39 Å². The lowest BCUT2D eigenvalue weighted by Gasteiger charge is -2.41. The van der Waals surface area contributed by atoms with Crippen molar-refractivity contribution in [2.45, 2.75) is 38.6 Å². The number of benzene rings is 1. The molecule has 19 heavy (non-hydrogen) atoms. The van der Waals surface area contributed by atoms with Crippen molar-refractivity contribution >= 4 is 5.69 Å². The van der Waals surface area contributed by atoms with Gasteiger partial charge in [0, 0.05) is 18.8 Å². The molecule has 2 atom stereocenters. The number of fused-ring (bicyclic) bond motifs is 1. The molecule has 104 valence electrons. The van der Waals surface area contributed by atoms with Gasteiger partial charge in [-0.05, 0) is 55.0 Å². The number of halogens is 1. The highest BCUT2D eigenvalue weighted by molar-refractivity contribution is 5.41. The minimum Gasteiger partial charge on any atom is -0.399 e. The second-order valence-corrected chi connectivity index (χ2v) is 6.22. The molecule has 0 amide bonds. The molecule has 2 N–H and O–H groups in total. The summed E-state index contributed by atoms with van der Waals surface area (Å²) in [6.07, 6.45) is 6.93. The van der Waals surface area contributed by atoms with Gasteiger partial charge < -0.3 is 5.73 Å². The standard InChI is InChI=1S/C16H23FN2/c17-15-7-12(8-16(18)9-15)10-19-6-5-13-3-1-2-4-14(13)11-19/h7-9,13-14H,1-6,10-11,18H2. The average Bonchev–Trinajstić information content (AvgIpc) is 2.37. The minimum absolute atomic E-state index is 0.220. The largest absolute Gasteiger partial charge is 0.399 e. The van der Waals surface area contributed by atoms with Gasteiger partial charge in [-0.1, -0.05) is 19.3 Å². The molecule has 2 fully saturated rings. The van der Waals surface area contributed by atoms with Crippen LogP contribution < -0.4 is 5.73 Å². The quantitative estimate of drug-likeness (QED) is 0.827. The molecule has 0 bridgehead atoms. The van der Waals surface area contributed by atoms with Crippen LogP contribution in [0.4, 0.5) is 10.1 Å². The molecule has 3 rings (SSSR count). The number of rotatable bonds is 2. The number of hydrogen-bond acceptors (Lipinski definition) is 2. The van der Waals surface area contributed by atoms with E-state index in [0.29, 0.717) is 5.69 Å². The molecule has 1 aliphatic heterocycles. The van der Waals surface area contributed by atoms with Gasteiger partial charge in [-0.25, -0.2) is 4.39 Å². The average molecular weight is 262 g/mol. The normalized spacial score (nSPS) is 28.1. The van der Waals surface area contributed by atoms with Crippen LogP contribution in [0.3, 0.4) is 0 Å². The Balaban J connectivity index is 1.64. The van der Waals surface area contributed by atoms with E-state index in [-0.39, 0.29) is 5.82 Å². The van der Waals surface area contributed by atoms with Crippen molar-refractivity contribution in [2.75, 3.05) is 18.8 Å². The number of nitrogens with two attached hydrogens (primary N) is 1. The number of likely N-dealkylation sites (tertiary alicyclic amines) is 1. The molecule has 1 saturated heterocycles. The Morgan fingerprint density at radius 2 is 1.89 bits per heavy atom. The van der Waals surface area contributed by atoms with E-state index in [1.54, 1.807) is 6.07 Å². The summed E-state index contributed by atoms with van der Waals surface area (Å²) in [5, 5.41) is 0. The molecule has 2 aliphatic rings. The highest BCUT2D eigenvalue weighted by Gasteiger charge is 2.30. The molecule has 0 radical (unpaired) electrons. The summed E-state index contributed by atoms with van der Waals surface area (Å²) in [6, 6.07) is 4.90. The van der Waals surface area contributed by atoms with Crippen LogP contribution in [-0.4, -0.2) is 18.0 Å². The van der Waals surface area contributed by atoms with Gasteiger partial charge in [0.2, 0.25) is 0 Å². The van der Waals surface area contributed by atoms with Crippen LogP contribution in [0.25, 0.3) is 0 Å². The van der Waals surface area contributed by atoms with Crippen molar-refractivity contribution < 1.29 is 4.39 Å². The molecule has 1 aromatic rings. The van der Waals surface area contributed by atoms with Gasteiger partial charge in [-0.15, -0.1) is 0 Å². The highest BCUT2D eigenvalue weighted by atomic mass is 19.1. The van der Waals surface area contributed by atoms with E-state index in [0.717, 1.165) is 30.5 Å². The van der Waals surface area contributed by atoms with Gasteiger partial charge >= 0.3 is 0 Å². The summed E-state index contributed by atoms with van der Waals surface area (Å²) in [7, 11) is 0. The smallest absolute Gasteiger partial charge is 0.125 e. The number of hydrogen-bond donors (Lipinski definition) is 1. The lowest BCUT2D eigenvalue weighted by molar-refractivity contribution is 0.0820. The third kappa shape index (κ3) is 3.08. The first kappa shape index (κ1) is 12.9. The Hall–Kier alpha value is -1.09. The summed E-state index contributed by atoms with van der Waals surface area (Å²) >= 11 is 0. The van der Waals surface area contributed by atoms with Crippen LogP contribution in [-0.2, 0) is 6.54 Å². The van der Waals surface area contributed by atoms with Crippen LogP contribution in [0, 0.1) is 17.7 Å². The van der Waals surface area contributed by atoms with Crippen molar-refractivity contribution in [3.05, 3.63) is 29.6 Å². The minimum atomic E-state index is -0.220. The monoisotopic (exact) mass is 262 g/mol. The molecule has 1 saturated carbocycles. The molecule has 3 heteroatoms. The van der Waals surface area contributed by atoms with Crippen LogP contribution >= 0.6 is 0 Å². The van der Waals surface area contributed by atoms with Crippen LogP contribution in [0.2, 0.25) is 0 Å². The molecule has 0 spiro atoms. The fourth-order valence-corrected chi connectivity index (χ4v) is 3.84. The van der Waals surface area contributed by atoms with E-state index in [1.807, 2.05) is 6.07 Å². The molecule has 2 unspecified atom stereocenters. The summed E-state index contributed by atoms with van der Waals surface area (Å²) in [5.41, 5.74) is 7.25. The highest BCUT2D eigenvalue weighted by Crippen LogP contribution is 2.36. The second-order valence-electron chi connectivity index (χ2n) is 6.22. The van der Waals surface area contributed by atoms with Crippen molar-refractivity contribution in [3.8, 4) is 0 Å². The fraction of sp³-hybridized carbons (Fsp3) is 0.625. The first-order valence-electron chi connectivity index (χ1n) is 7.48. The number of piperidine rings is 1. The Kier molecular flexibility index (Phi) is 3.74. The summed E-state index contributed by atoms with van der Waals surface area (Å²) < 4.78 is 13.4. The van der Waals surface area contributed by atoms with E-state index in [2.05, 4.69) is 4.90 Å². The molecular formula is C16H23FN2. The number of anilines is 1. The Morgan fingerprint density at radius 3 is 2.68 bits per heavy atom. The van der Waals surface area contributed by atoms with E-state index in [4.69, 9.17) is 5.73 Å². The van der Waals surface area contributed by atoms with E-state index >= 15 is 0 Å². The Morgan fingerprint density at radius 1 is 1.11 bits per heavy atom. The Labute approximate surface area is 114 Å². The van der Waals surface area contributed by atoms with E-state index in [1.165, 1.54) is 44.7 Å². The molecular weight excluding hydrogens is 239 g/mol. The molecule has 1 aromatic carbocycles. The van der Waals surface area contributed by atoms with Crippen LogP contribution in [0.5, 0.6) is 0 Å². The van der Waals surface area contributed by atoms with Crippen molar-refractivity contribution in [1.29, 1.82) is 0 Å². The third-order valence-corrected chi connectivity index (χ3v) is 4.76. The van der Waals surface area contributed by atoms with Crippen molar-refractivity contribution in [3.63, 3.8) is 0 Å². The molecule has 2 nitrogen and oxygen atoms in total. The first-order valence-corrected chi connectivity index (χ1v) is 7.48. The fourth-order valence-electron chi connectivity index (χ4n) is 3.84. The van der Waals surface area contributed by atoms with Gasteiger partial charge in [0.15, 0.2) is 0 Å². The molecule has 1 aliphatic carbocycles. The van der Waals surface area contributed by atoms with Gasteiger partial charge in [-0.3, -0.25) is 4.90 Å². The van der Waals surface area contributed by atoms with E-state index < -0.39 is 0 Å². The maximum absolute atomic E-state index is 13.4. The lowest BCUT2D eigenvalue weighted by atomic mass is 9.75. The summed E-state index contributed by atoms with van der Waals surface area (Å²) in [6.45, 7) is 3.17. The summed E-state index contributed by atoms with van der Waals surface area (Å²) in [4.78, 5) is 2.47. The summed E-state index contributed by atoms with van der Waals surface area (Å²) in [5.74, 6) is 1.60. The lowest BCUT2D eigenvalue weighted by Crippen LogP contribution is -2.41. The van der Waals surface area contributed by atoms with Crippen molar-refractivity contribution in [2.24, 2.45) is 11.8 Å². The van der Waals surface area contributed by atoms with Gasteiger partial charge in [0.05, 0.1) is 0 Å². The number of nitrogens with zero attached hydrogens (tertiary/aromatic N) is 1. The predicted molar refractivity (Wildman–Crippen MR) is 76.2 cm³/mol. The SMILES string of the molecule is Nc1cc(F)cc(CN2CCC3CCCCC3C2)c1. The molecule has 0 aromatic heterocycles.